The molecule has 4 N–H and O–H groups in total. The molecule has 2 aliphatic heterocycles. The van der Waals surface area contributed by atoms with Crippen LogP contribution in [0.15, 0.2) is 0 Å². The van der Waals surface area contributed by atoms with Crippen LogP contribution in [-0.2, 0) is 14.3 Å². The van der Waals surface area contributed by atoms with E-state index in [9.17, 15) is 9.59 Å². The van der Waals surface area contributed by atoms with E-state index in [-0.39, 0.29) is 41.4 Å². The molecule has 0 spiro atoms. The van der Waals surface area contributed by atoms with Gasteiger partial charge in [0.25, 0.3) is 0 Å². The first-order chi connectivity index (χ1) is 12.1. The van der Waals surface area contributed by atoms with Crippen LogP contribution in [0.25, 0.3) is 0 Å². The zero-order chi connectivity index (χ0) is 17.8. The molecular formula is C16H28ClN5O3. The van der Waals surface area contributed by atoms with Gasteiger partial charge in [-0.15, -0.1) is 11.6 Å². The molecule has 8 nitrogen and oxygen atoms in total. The second-order valence-electron chi connectivity index (χ2n) is 7.06. The van der Waals surface area contributed by atoms with E-state index in [1.165, 1.54) is 7.11 Å². The molecule has 3 fully saturated rings. The first kappa shape index (κ1) is 18.8. The topological polar surface area (TPSA) is 94.7 Å². The number of hydrazine groups is 1. The maximum atomic E-state index is 12.6. The third-order valence-electron chi connectivity index (χ3n) is 5.42. The van der Waals surface area contributed by atoms with Crippen molar-refractivity contribution in [3.8, 4) is 0 Å². The van der Waals surface area contributed by atoms with E-state index in [4.69, 9.17) is 16.3 Å². The maximum Gasteiger partial charge on any atom is 0.310 e. The Labute approximate surface area is 153 Å². The molecule has 1 saturated carbocycles. The van der Waals surface area contributed by atoms with Crippen molar-refractivity contribution in [1.82, 2.24) is 26.4 Å². The fraction of sp³-hybridized carbons (Fsp3) is 0.875. The van der Waals surface area contributed by atoms with E-state index in [0.29, 0.717) is 12.8 Å². The standard InChI is InChI=1S/C16H28ClN5O3/c1-25-16(24)11-3-2-10(17)8-13(11)19-15(23)12-4-5-14(21-20-12)22-7-6-18-9-22/h10-14,18,20-21H,2-9H2,1H3,(H,19,23). The largest absolute Gasteiger partial charge is 0.469 e. The molecule has 3 rings (SSSR count). The van der Waals surface area contributed by atoms with E-state index in [1.54, 1.807) is 0 Å². The average Bonchev–Trinajstić information content (AvgIpc) is 3.16. The van der Waals surface area contributed by atoms with Gasteiger partial charge < -0.3 is 15.4 Å². The highest BCUT2D eigenvalue weighted by atomic mass is 35.5. The Morgan fingerprint density at radius 3 is 2.68 bits per heavy atom. The molecule has 1 aliphatic carbocycles. The maximum absolute atomic E-state index is 12.6. The number of nitrogens with zero attached hydrogens (tertiary/aromatic N) is 1. The molecular weight excluding hydrogens is 346 g/mol. The van der Waals surface area contributed by atoms with Crippen molar-refractivity contribution >= 4 is 23.5 Å². The second kappa shape index (κ2) is 8.64. The van der Waals surface area contributed by atoms with Crippen LogP contribution in [0.3, 0.4) is 0 Å². The summed E-state index contributed by atoms with van der Waals surface area (Å²) >= 11 is 6.24. The number of esters is 1. The molecule has 0 radical (unpaired) electrons. The van der Waals surface area contributed by atoms with Crippen molar-refractivity contribution in [3.05, 3.63) is 0 Å². The molecule has 142 valence electrons. The van der Waals surface area contributed by atoms with Crippen molar-refractivity contribution in [2.75, 3.05) is 26.9 Å². The number of alkyl halides is 1. The molecule has 9 heteroatoms. The fourth-order valence-corrected chi connectivity index (χ4v) is 4.24. The number of ether oxygens (including phenoxy) is 1. The lowest BCUT2D eigenvalue weighted by Gasteiger charge is -2.37. The highest BCUT2D eigenvalue weighted by Gasteiger charge is 2.38. The van der Waals surface area contributed by atoms with Gasteiger partial charge in [-0.2, -0.15) is 0 Å². The van der Waals surface area contributed by atoms with Gasteiger partial charge in [0, 0.05) is 31.2 Å². The smallest absolute Gasteiger partial charge is 0.310 e. The lowest BCUT2D eigenvalue weighted by Crippen LogP contribution is -2.62. The minimum absolute atomic E-state index is 0.0179. The predicted octanol–water partition coefficient (Wildman–Crippen LogP) is -0.503. The Morgan fingerprint density at radius 2 is 2.04 bits per heavy atom. The number of amides is 1. The van der Waals surface area contributed by atoms with Crippen LogP contribution in [0.5, 0.6) is 0 Å². The van der Waals surface area contributed by atoms with Gasteiger partial charge in [-0.1, -0.05) is 0 Å². The number of methoxy groups -OCH3 is 1. The number of hydrogen-bond donors (Lipinski definition) is 4. The average molecular weight is 374 g/mol. The van der Waals surface area contributed by atoms with Gasteiger partial charge in [0.2, 0.25) is 5.91 Å². The minimum Gasteiger partial charge on any atom is -0.469 e. The lowest BCUT2D eigenvalue weighted by atomic mass is 9.84. The molecule has 5 atom stereocenters. The Morgan fingerprint density at radius 1 is 1.20 bits per heavy atom. The molecule has 0 aromatic heterocycles. The molecule has 2 saturated heterocycles. The summed E-state index contributed by atoms with van der Waals surface area (Å²) < 4.78 is 4.88. The predicted molar refractivity (Wildman–Crippen MR) is 93.6 cm³/mol. The number of carbonyl (C=O) groups excluding carboxylic acids is 2. The van der Waals surface area contributed by atoms with E-state index in [0.717, 1.165) is 39.0 Å². The minimum atomic E-state index is -0.316. The molecule has 1 amide bonds. The zero-order valence-electron chi connectivity index (χ0n) is 14.6. The normalized spacial score (nSPS) is 36.8. The number of carbonyl (C=O) groups is 2. The van der Waals surface area contributed by atoms with Crippen molar-refractivity contribution in [2.24, 2.45) is 5.92 Å². The fourth-order valence-electron chi connectivity index (χ4n) is 3.92. The highest BCUT2D eigenvalue weighted by molar-refractivity contribution is 6.20. The van der Waals surface area contributed by atoms with Crippen LogP contribution in [0, 0.1) is 5.92 Å². The molecule has 3 aliphatic rings. The van der Waals surface area contributed by atoms with Crippen LogP contribution < -0.4 is 21.5 Å². The third kappa shape index (κ3) is 4.62. The monoisotopic (exact) mass is 373 g/mol. The van der Waals surface area contributed by atoms with E-state index < -0.39 is 0 Å². The second-order valence-corrected chi connectivity index (χ2v) is 7.68. The summed E-state index contributed by atoms with van der Waals surface area (Å²) in [7, 11) is 1.38. The summed E-state index contributed by atoms with van der Waals surface area (Å²) in [5.41, 5.74) is 6.36. The Balaban J connectivity index is 1.51. The quantitative estimate of drug-likeness (QED) is 0.390. The van der Waals surface area contributed by atoms with Crippen LogP contribution in [0.1, 0.15) is 32.1 Å². The van der Waals surface area contributed by atoms with Crippen LogP contribution in [0.4, 0.5) is 0 Å². The SMILES string of the molecule is COC(=O)C1CCC(Cl)CC1NC(=O)C1CCC(N2CCNC2)NN1. The Hall–Kier alpha value is -0.930. The Bertz CT molecular complexity index is 480. The van der Waals surface area contributed by atoms with Crippen LogP contribution >= 0.6 is 11.6 Å². The van der Waals surface area contributed by atoms with Gasteiger partial charge in [-0.05, 0) is 32.1 Å². The summed E-state index contributed by atoms with van der Waals surface area (Å²) in [6.45, 7) is 2.88. The number of rotatable bonds is 4. The molecule has 25 heavy (non-hydrogen) atoms. The number of nitrogens with one attached hydrogen (secondary N) is 4. The van der Waals surface area contributed by atoms with Gasteiger partial charge in [0.05, 0.1) is 19.2 Å². The summed E-state index contributed by atoms with van der Waals surface area (Å²) in [6.07, 6.45) is 3.89. The molecule has 0 bridgehead atoms. The van der Waals surface area contributed by atoms with Crippen molar-refractivity contribution in [2.45, 2.75) is 55.7 Å². The lowest BCUT2D eigenvalue weighted by molar-refractivity contribution is -0.147. The number of hydrogen-bond acceptors (Lipinski definition) is 7. The summed E-state index contributed by atoms with van der Waals surface area (Å²) in [5.74, 6) is -0.677. The zero-order valence-corrected chi connectivity index (χ0v) is 15.3. The van der Waals surface area contributed by atoms with E-state index in [2.05, 4.69) is 26.4 Å². The molecule has 2 heterocycles. The van der Waals surface area contributed by atoms with Gasteiger partial charge in [-0.25, -0.2) is 10.9 Å². The summed E-state index contributed by atoms with van der Waals surface area (Å²) in [4.78, 5) is 26.9. The van der Waals surface area contributed by atoms with Crippen molar-refractivity contribution in [1.29, 1.82) is 0 Å². The molecule has 0 aromatic carbocycles. The van der Waals surface area contributed by atoms with Gasteiger partial charge >= 0.3 is 5.97 Å². The van der Waals surface area contributed by atoms with E-state index >= 15 is 0 Å². The summed E-state index contributed by atoms with van der Waals surface area (Å²) in [6, 6.07) is -0.570. The van der Waals surface area contributed by atoms with Gasteiger partial charge in [-0.3, -0.25) is 14.5 Å². The van der Waals surface area contributed by atoms with Gasteiger partial charge in [0.1, 0.15) is 6.04 Å². The van der Waals surface area contributed by atoms with Gasteiger partial charge in [0.15, 0.2) is 0 Å². The highest BCUT2D eigenvalue weighted by Crippen LogP contribution is 2.29. The number of halogens is 1. The Kier molecular flexibility index (Phi) is 6.51. The van der Waals surface area contributed by atoms with Crippen LogP contribution in [0.2, 0.25) is 0 Å². The molecule has 5 unspecified atom stereocenters. The first-order valence-corrected chi connectivity index (χ1v) is 9.50. The summed E-state index contributed by atoms with van der Waals surface area (Å²) in [5, 5.41) is 6.30. The third-order valence-corrected chi connectivity index (χ3v) is 5.82. The molecule has 0 aromatic rings. The van der Waals surface area contributed by atoms with Crippen molar-refractivity contribution < 1.29 is 14.3 Å². The first-order valence-electron chi connectivity index (χ1n) is 9.06. The van der Waals surface area contributed by atoms with Crippen molar-refractivity contribution in [3.63, 3.8) is 0 Å². The van der Waals surface area contributed by atoms with Crippen LogP contribution in [-0.4, -0.2) is 67.3 Å². The van der Waals surface area contributed by atoms with E-state index in [1.807, 2.05) is 0 Å².